The van der Waals surface area contributed by atoms with Crippen molar-refractivity contribution in [3.05, 3.63) is 0 Å². The van der Waals surface area contributed by atoms with E-state index in [2.05, 4.69) is 23.4 Å². The average Bonchev–Trinajstić information content (AvgIpc) is 2.44. The van der Waals surface area contributed by atoms with E-state index in [4.69, 9.17) is 18.3 Å². The van der Waals surface area contributed by atoms with E-state index in [1.165, 1.54) is 0 Å². The molecule has 0 radical (unpaired) electrons. The van der Waals surface area contributed by atoms with Gasteiger partial charge in [0.25, 0.3) is 0 Å². The molecule has 2 rings (SSSR count). The van der Waals surface area contributed by atoms with Crippen LogP contribution in [0.15, 0.2) is 0 Å². The van der Waals surface area contributed by atoms with Gasteiger partial charge < -0.3 is 23.2 Å². The molecule has 0 amide bonds. The monoisotopic (exact) mass is 304 g/mol. The van der Waals surface area contributed by atoms with Crippen molar-refractivity contribution in [2.24, 2.45) is 0 Å². The molecule has 0 aromatic heterocycles. The van der Waals surface area contributed by atoms with Gasteiger partial charge in [-0.1, -0.05) is 0 Å². The topological polar surface area (TPSA) is 43.4 Å². The summed E-state index contributed by atoms with van der Waals surface area (Å²) < 4.78 is 23.5. The standard InChI is InChI=1S/C13H28N2O4Si/c1-14-6-8-15(9-7-14)12-11-18-10-5-13(16-2)20(4,17-3)19-12/h12-13H,5-11H2,1-4H3. The molecule has 0 aromatic rings. The van der Waals surface area contributed by atoms with Gasteiger partial charge in [-0.05, 0) is 20.0 Å². The van der Waals surface area contributed by atoms with Gasteiger partial charge >= 0.3 is 8.56 Å². The molecule has 0 saturated carbocycles. The molecule has 0 N–H and O–H groups in total. The molecule has 2 aliphatic rings. The van der Waals surface area contributed by atoms with Gasteiger partial charge in [0, 0.05) is 47.0 Å². The normalized spacial score (nSPS) is 38.4. The van der Waals surface area contributed by atoms with Gasteiger partial charge in [0.15, 0.2) is 0 Å². The molecule has 6 nitrogen and oxygen atoms in total. The van der Waals surface area contributed by atoms with Crippen molar-refractivity contribution in [2.45, 2.75) is 24.9 Å². The highest BCUT2D eigenvalue weighted by molar-refractivity contribution is 6.67. The summed E-state index contributed by atoms with van der Waals surface area (Å²) in [6.07, 6.45) is 0.820. The summed E-state index contributed by atoms with van der Waals surface area (Å²) in [7, 11) is 3.28. The number of ether oxygens (including phenoxy) is 2. The van der Waals surface area contributed by atoms with Crippen LogP contribution in [-0.2, 0) is 18.3 Å². The Morgan fingerprint density at radius 1 is 1.15 bits per heavy atom. The maximum atomic E-state index is 6.38. The van der Waals surface area contributed by atoms with Crippen molar-refractivity contribution >= 4 is 8.56 Å². The zero-order valence-corrected chi connectivity index (χ0v) is 14.1. The van der Waals surface area contributed by atoms with Crippen LogP contribution in [0.2, 0.25) is 6.55 Å². The lowest BCUT2D eigenvalue weighted by Gasteiger charge is -2.43. The number of hydrogen-bond donors (Lipinski definition) is 0. The lowest BCUT2D eigenvalue weighted by molar-refractivity contribution is -0.0960. The minimum Gasteiger partial charge on any atom is -0.396 e. The first-order valence-electron chi connectivity index (χ1n) is 7.35. The first-order chi connectivity index (χ1) is 9.59. The van der Waals surface area contributed by atoms with E-state index >= 15 is 0 Å². The van der Waals surface area contributed by atoms with Crippen LogP contribution in [0.1, 0.15) is 6.42 Å². The lowest BCUT2D eigenvalue weighted by atomic mass is 10.3. The number of likely N-dealkylation sites (N-methyl/N-ethyl adjacent to an activating group) is 1. The SMILES string of the molecule is COC1CCOCC(N2CCN(C)CC2)O[Si]1(C)OC. The number of methoxy groups -OCH3 is 1. The van der Waals surface area contributed by atoms with Crippen molar-refractivity contribution in [1.29, 1.82) is 0 Å². The predicted octanol–water partition coefficient (Wildman–Crippen LogP) is 0.269. The van der Waals surface area contributed by atoms with Gasteiger partial charge in [-0.15, -0.1) is 0 Å². The van der Waals surface area contributed by atoms with Crippen LogP contribution >= 0.6 is 0 Å². The molecule has 0 spiro atoms. The molecule has 0 bridgehead atoms. The summed E-state index contributed by atoms with van der Waals surface area (Å²) in [5.74, 6) is 0. The molecule has 20 heavy (non-hydrogen) atoms. The third kappa shape index (κ3) is 3.79. The van der Waals surface area contributed by atoms with E-state index in [-0.39, 0.29) is 12.0 Å². The third-order valence-electron chi connectivity index (χ3n) is 4.37. The predicted molar refractivity (Wildman–Crippen MR) is 78.8 cm³/mol. The average molecular weight is 304 g/mol. The van der Waals surface area contributed by atoms with E-state index < -0.39 is 8.56 Å². The van der Waals surface area contributed by atoms with Crippen LogP contribution in [0.4, 0.5) is 0 Å². The van der Waals surface area contributed by atoms with E-state index in [0.717, 1.165) is 32.6 Å². The molecular weight excluding hydrogens is 276 g/mol. The third-order valence-corrected chi connectivity index (χ3v) is 7.62. The molecule has 3 atom stereocenters. The van der Waals surface area contributed by atoms with E-state index in [1.54, 1.807) is 14.2 Å². The molecule has 0 aliphatic carbocycles. The fourth-order valence-corrected chi connectivity index (χ4v) is 5.16. The van der Waals surface area contributed by atoms with Crippen molar-refractivity contribution in [1.82, 2.24) is 9.80 Å². The van der Waals surface area contributed by atoms with Crippen LogP contribution < -0.4 is 0 Å². The summed E-state index contributed by atoms with van der Waals surface area (Å²) in [5, 5.41) is 0. The van der Waals surface area contributed by atoms with Gasteiger partial charge in [-0.2, -0.15) is 0 Å². The second-order valence-corrected chi connectivity index (χ2v) is 9.04. The lowest BCUT2D eigenvalue weighted by Crippen LogP contribution is -2.60. The van der Waals surface area contributed by atoms with Gasteiger partial charge in [0.05, 0.1) is 6.61 Å². The molecule has 2 heterocycles. The maximum absolute atomic E-state index is 6.38. The van der Waals surface area contributed by atoms with Crippen LogP contribution in [0.5, 0.6) is 0 Å². The number of hydrogen-bond acceptors (Lipinski definition) is 6. The van der Waals surface area contributed by atoms with Gasteiger partial charge in [-0.25, -0.2) is 0 Å². The highest BCUT2D eigenvalue weighted by Gasteiger charge is 2.45. The maximum Gasteiger partial charge on any atom is 0.365 e. The Morgan fingerprint density at radius 3 is 2.45 bits per heavy atom. The van der Waals surface area contributed by atoms with Gasteiger partial charge in [0.1, 0.15) is 12.0 Å². The van der Waals surface area contributed by atoms with Crippen molar-refractivity contribution < 1.29 is 18.3 Å². The van der Waals surface area contributed by atoms with Crippen LogP contribution in [0.3, 0.4) is 0 Å². The minimum absolute atomic E-state index is 0.0155. The molecule has 2 saturated heterocycles. The van der Waals surface area contributed by atoms with Crippen LogP contribution in [-0.4, -0.2) is 91.0 Å². The van der Waals surface area contributed by atoms with Gasteiger partial charge in [-0.3, -0.25) is 4.90 Å². The van der Waals surface area contributed by atoms with Crippen molar-refractivity contribution in [2.75, 3.05) is 60.7 Å². The molecule has 2 aliphatic heterocycles. The van der Waals surface area contributed by atoms with Crippen molar-refractivity contribution in [3.8, 4) is 0 Å². The van der Waals surface area contributed by atoms with E-state index in [9.17, 15) is 0 Å². The smallest absolute Gasteiger partial charge is 0.365 e. The van der Waals surface area contributed by atoms with Crippen LogP contribution in [0, 0.1) is 0 Å². The fourth-order valence-electron chi connectivity index (χ4n) is 2.82. The second-order valence-electron chi connectivity index (χ2n) is 5.72. The minimum atomic E-state index is -2.34. The van der Waals surface area contributed by atoms with Gasteiger partial charge in [0.2, 0.25) is 0 Å². The first kappa shape index (κ1) is 16.3. The zero-order chi connectivity index (χ0) is 14.6. The second kappa shape index (κ2) is 7.30. The first-order valence-corrected chi connectivity index (χ1v) is 9.74. The Labute approximate surface area is 123 Å². The molecule has 3 unspecified atom stereocenters. The Hall–Kier alpha value is -0.0231. The fraction of sp³-hybridized carbons (Fsp3) is 1.00. The number of piperazine rings is 1. The number of nitrogens with zero attached hydrogens (tertiary/aromatic N) is 2. The molecular formula is C13H28N2O4Si. The Kier molecular flexibility index (Phi) is 5.97. The highest BCUT2D eigenvalue weighted by Crippen LogP contribution is 2.23. The Bertz CT molecular complexity index is 302. The van der Waals surface area contributed by atoms with Crippen molar-refractivity contribution in [3.63, 3.8) is 0 Å². The summed E-state index contributed by atoms with van der Waals surface area (Å²) in [4.78, 5) is 4.70. The zero-order valence-electron chi connectivity index (χ0n) is 13.1. The summed E-state index contributed by atoms with van der Waals surface area (Å²) in [5.41, 5.74) is 0.0164. The van der Waals surface area contributed by atoms with Crippen LogP contribution in [0.25, 0.3) is 0 Å². The quantitative estimate of drug-likeness (QED) is 0.697. The molecule has 2 fully saturated rings. The molecule has 7 heteroatoms. The van der Waals surface area contributed by atoms with E-state index in [0.29, 0.717) is 13.2 Å². The largest absolute Gasteiger partial charge is 0.396 e. The summed E-state index contributed by atoms with van der Waals surface area (Å²) in [6.45, 7) is 7.57. The van der Waals surface area contributed by atoms with E-state index in [1.807, 2.05) is 0 Å². The summed E-state index contributed by atoms with van der Waals surface area (Å²) in [6, 6.07) is 0. The molecule has 118 valence electrons. The Balaban J connectivity index is 2.04. The Morgan fingerprint density at radius 2 is 1.85 bits per heavy atom. The summed E-state index contributed by atoms with van der Waals surface area (Å²) >= 11 is 0. The molecule has 0 aromatic carbocycles. The number of rotatable bonds is 3. The highest BCUT2D eigenvalue weighted by atomic mass is 28.4.